The van der Waals surface area contributed by atoms with Crippen LogP contribution in [-0.2, 0) is 16.0 Å². The molecule has 3 aromatic rings. The maximum absolute atomic E-state index is 13.0. The minimum atomic E-state index is -1.10. The van der Waals surface area contributed by atoms with Crippen molar-refractivity contribution < 1.29 is 14.0 Å². The van der Waals surface area contributed by atoms with Gasteiger partial charge in [0, 0.05) is 16.1 Å². The number of halogens is 1. The molecule has 0 atom stereocenters. The molecule has 29 heavy (non-hydrogen) atoms. The Kier molecular flexibility index (Phi) is 5.15. The lowest BCUT2D eigenvalue weighted by atomic mass is 10.1. The van der Waals surface area contributed by atoms with Gasteiger partial charge in [-0.3, -0.25) is 9.59 Å². The highest BCUT2D eigenvalue weighted by Crippen LogP contribution is 2.48. The number of aryl methyl sites for hydroxylation is 1. The Labute approximate surface area is 172 Å². The summed E-state index contributed by atoms with van der Waals surface area (Å²) in [4.78, 5) is 31.2. The third-order valence-electron chi connectivity index (χ3n) is 5.01. The van der Waals surface area contributed by atoms with Gasteiger partial charge >= 0.3 is 0 Å². The number of anilines is 2. The number of amides is 2. The number of thiazole rings is 1. The van der Waals surface area contributed by atoms with Gasteiger partial charge in [-0.1, -0.05) is 37.3 Å². The molecule has 148 valence electrons. The van der Waals surface area contributed by atoms with E-state index in [9.17, 15) is 14.0 Å². The second-order valence-electron chi connectivity index (χ2n) is 7.01. The number of carbonyl (C=O) groups is 2. The van der Waals surface area contributed by atoms with Crippen LogP contribution in [-0.4, -0.2) is 16.8 Å². The molecule has 0 radical (unpaired) electrons. The fraction of sp³-hybridized carbons (Fsp3) is 0.227. The first-order valence-corrected chi connectivity index (χ1v) is 10.3. The summed E-state index contributed by atoms with van der Waals surface area (Å²) in [5, 5.41) is 6.03. The third kappa shape index (κ3) is 3.91. The van der Waals surface area contributed by atoms with Crippen molar-refractivity contribution in [3.05, 3.63) is 65.3 Å². The third-order valence-corrected chi connectivity index (χ3v) is 6.12. The highest BCUT2D eigenvalue weighted by molar-refractivity contribution is 7.16. The molecule has 7 heteroatoms. The van der Waals surface area contributed by atoms with Crippen molar-refractivity contribution in [2.45, 2.75) is 26.2 Å². The van der Waals surface area contributed by atoms with E-state index in [1.807, 2.05) is 37.3 Å². The smallest absolute Gasteiger partial charge is 0.241 e. The first-order valence-electron chi connectivity index (χ1n) is 9.45. The molecule has 1 aliphatic carbocycles. The molecule has 0 bridgehead atoms. The molecule has 4 rings (SSSR count). The van der Waals surface area contributed by atoms with Crippen molar-refractivity contribution in [1.29, 1.82) is 0 Å². The number of carbonyl (C=O) groups excluding carboxylic acids is 2. The van der Waals surface area contributed by atoms with Crippen molar-refractivity contribution >= 4 is 34.0 Å². The van der Waals surface area contributed by atoms with Crippen molar-refractivity contribution in [2.75, 3.05) is 10.6 Å². The average Bonchev–Trinajstić information content (AvgIpc) is 3.46. The van der Waals surface area contributed by atoms with Gasteiger partial charge in [0.15, 0.2) is 5.13 Å². The van der Waals surface area contributed by atoms with Crippen molar-refractivity contribution in [3.8, 4) is 11.3 Å². The maximum atomic E-state index is 13.0. The molecule has 1 saturated carbocycles. The van der Waals surface area contributed by atoms with Crippen LogP contribution in [0, 0.1) is 11.2 Å². The van der Waals surface area contributed by atoms with Gasteiger partial charge in [-0.05, 0) is 43.5 Å². The summed E-state index contributed by atoms with van der Waals surface area (Å²) in [6, 6.07) is 15.3. The summed E-state index contributed by atoms with van der Waals surface area (Å²) < 4.78 is 13.0. The zero-order chi connectivity index (χ0) is 20.4. The van der Waals surface area contributed by atoms with Crippen LogP contribution in [0.5, 0.6) is 0 Å². The highest BCUT2D eigenvalue weighted by atomic mass is 32.1. The molecular formula is C22H20FN3O2S. The van der Waals surface area contributed by atoms with E-state index in [4.69, 9.17) is 0 Å². The summed E-state index contributed by atoms with van der Waals surface area (Å²) in [5.74, 6) is -1.11. The normalized spacial score (nSPS) is 14.3. The van der Waals surface area contributed by atoms with E-state index in [2.05, 4.69) is 15.6 Å². The molecule has 2 N–H and O–H groups in total. The molecule has 0 unspecified atom stereocenters. The number of nitrogens with zero attached hydrogens (tertiary/aromatic N) is 1. The predicted octanol–water partition coefficient (Wildman–Crippen LogP) is 4.87. The Balaban J connectivity index is 1.49. The fourth-order valence-corrected chi connectivity index (χ4v) is 4.07. The van der Waals surface area contributed by atoms with Gasteiger partial charge in [0.25, 0.3) is 0 Å². The van der Waals surface area contributed by atoms with Crippen LogP contribution in [0.1, 0.15) is 24.6 Å². The summed E-state index contributed by atoms with van der Waals surface area (Å²) in [7, 11) is 0. The van der Waals surface area contributed by atoms with Gasteiger partial charge in [-0.2, -0.15) is 0 Å². The first kappa shape index (κ1) is 19.3. The molecule has 1 aliphatic rings. The SMILES string of the molecule is CCc1sc(NC(=O)C2(C(=O)Nc3ccc(F)cc3)CC2)nc1-c1ccccc1. The predicted molar refractivity (Wildman–Crippen MR) is 112 cm³/mol. The Morgan fingerprint density at radius 3 is 2.31 bits per heavy atom. The van der Waals surface area contributed by atoms with Gasteiger partial charge in [-0.25, -0.2) is 9.37 Å². The van der Waals surface area contributed by atoms with Crippen LogP contribution in [0.15, 0.2) is 54.6 Å². The number of benzene rings is 2. The molecule has 1 fully saturated rings. The lowest BCUT2D eigenvalue weighted by Crippen LogP contribution is -2.35. The molecule has 1 aromatic heterocycles. The lowest BCUT2D eigenvalue weighted by molar-refractivity contribution is -0.131. The van der Waals surface area contributed by atoms with Crippen molar-refractivity contribution in [2.24, 2.45) is 5.41 Å². The molecular weight excluding hydrogens is 389 g/mol. The summed E-state index contributed by atoms with van der Waals surface area (Å²) >= 11 is 1.43. The standard InChI is InChI=1S/C22H20FN3O2S/c1-2-17-18(14-6-4-3-5-7-14)25-21(29-17)26-20(28)22(12-13-22)19(27)24-16-10-8-15(23)9-11-16/h3-11H,2,12-13H2,1H3,(H,24,27)(H,25,26,28). The Bertz CT molecular complexity index is 1040. The Morgan fingerprint density at radius 1 is 1.03 bits per heavy atom. The second kappa shape index (κ2) is 7.75. The summed E-state index contributed by atoms with van der Waals surface area (Å²) in [6.45, 7) is 2.05. The fourth-order valence-electron chi connectivity index (χ4n) is 3.15. The summed E-state index contributed by atoms with van der Waals surface area (Å²) in [5.41, 5.74) is 1.22. The molecule has 2 amide bonds. The van der Waals surface area contributed by atoms with Gasteiger partial charge < -0.3 is 10.6 Å². The number of nitrogens with one attached hydrogen (secondary N) is 2. The quantitative estimate of drug-likeness (QED) is 0.571. The van der Waals surface area contributed by atoms with Crippen molar-refractivity contribution in [3.63, 3.8) is 0 Å². The van der Waals surface area contributed by atoms with Gasteiger partial charge in [0.1, 0.15) is 11.2 Å². The van der Waals surface area contributed by atoms with Crippen LogP contribution in [0.25, 0.3) is 11.3 Å². The topological polar surface area (TPSA) is 71.1 Å². The van der Waals surface area contributed by atoms with Crippen LogP contribution in [0.3, 0.4) is 0 Å². The summed E-state index contributed by atoms with van der Waals surface area (Å²) in [6.07, 6.45) is 1.75. The minimum absolute atomic E-state index is 0.354. The maximum Gasteiger partial charge on any atom is 0.241 e. The Morgan fingerprint density at radius 2 is 1.69 bits per heavy atom. The zero-order valence-electron chi connectivity index (χ0n) is 15.9. The number of hydrogen-bond donors (Lipinski definition) is 2. The lowest BCUT2D eigenvalue weighted by Gasteiger charge is -2.14. The van der Waals surface area contributed by atoms with Gasteiger partial charge in [-0.15, -0.1) is 11.3 Å². The molecule has 1 heterocycles. The largest absolute Gasteiger partial charge is 0.325 e. The van der Waals surface area contributed by atoms with Crippen LogP contribution in [0.2, 0.25) is 0 Å². The average molecular weight is 409 g/mol. The number of aromatic nitrogens is 1. The van der Waals surface area contributed by atoms with Crippen molar-refractivity contribution in [1.82, 2.24) is 4.98 Å². The van der Waals surface area contributed by atoms with E-state index in [-0.39, 0.29) is 17.6 Å². The monoisotopic (exact) mass is 409 g/mol. The van der Waals surface area contributed by atoms with Gasteiger partial charge in [0.05, 0.1) is 5.69 Å². The van der Waals surface area contributed by atoms with Crippen LogP contribution in [0.4, 0.5) is 15.2 Å². The molecule has 0 aliphatic heterocycles. The second-order valence-corrected chi connectivity index (χ2v) is 8.09. The van der Waals surface area contributed by atoms with E-state index in [0.717, 1.165) is 22.6 Å². The molecule has 5 nitrogen and oxygen atoms in total. The zero-order valence-corrected chi connectivity index (χ0v) is 16.7. The van der Waals surface area contributed by atoms with E-state index in [1.54, 1.807) is 0 Å². The Hall–Kier alpha value is -3.06. The van der Waals surface area contributed by atoms with E-state index in [1.165, 1.54) is 35.6 Å². The highest BCUT2D eigenvalue weighted by Gasteiger charge is 2.56. The van der Waals surface area contributed by atoms with E-state index >= 15 is 0 Å². The first-order chi connectivity index (χ1) is 14.0. The van der Waals surface area contributed by atoms with Crippen LogP contribution >= 0.6 is 11.3 Å². The molecule has 0 saturated heterocycles. The minimum Gasteiger partial charge on any atom is -0.325 e. The number of rotatable bonds is 6. The van der Waals surface area contributed by atoms with Crippen LogP contribution < -0.4 is 10.6 Å². The number of hydrogen-bond acceptors (Lipinski definition) is 4. The molecule has 0 spiro atoms. The molecule has 2 aromatic carbocycles. The van der Waals surface area contributed by atoms with E-state index < -0.39 is 5.41 Å². The van der Waals surface area contributed by atoms with Gasteiger partial charge in [0.2, 0.25) is 11.8 Å². The van der Waals surface area contributed by atoms with E-state index in [0.29, 0.717) is 23.7 Å².